The summed E-state index contributed by atoms with van der Waals surface area (Å²) >= 11 is 0. The molecule has 8 heteroatoms. The number of hydrogen-bond acceptors (Lipinski definition) is 6. The molecule has 2 rings (SSSR count). The quantitative estimate of drug-likeness (QED) is 0.348. The molecule has 0 saturated carbocycles. The van der Waals surface area contributed by atoms with Gasteiger partial charge in [0.05, 0.1) is 13.2 Å². The first-order chi connectivity index (χ1) is 9.11. The van der Waals surface area contributed by atoms with Crippen LogP contribution in [0.4, 0.5) is 4.79 Å². The Labute approximate surface area is 111 Å². The minimum absolute atomic E-state index is 0.0565. The van der Waals surface area contributed by atoms with Crippen LogP contribution in [0.15, 0.2) is 0 Å². The van der Waals surface area contributed by atoms with Gasteiger partial charge in [0.15, 0.2) is 0 Å². The second-order valence-electron chi connectivity index (χ2n) is 4.89. The van der Waals surface area contributed by atoms with Crippen molar-refractivity contribution in [3.63, 3.8) is 0 Å². The number of nitrogens with zero attached hydrogens (tertiary/aromatic N) is 1. The van der Waals surface area contributed by atoms with Crippen molar-refractivity contribution in [1.82, 2.24) is 15.7 Å². The fraction of sp³-hybridized carbons (Fsp3) is 0.818. The van der Waals surface area contributed by atoms with Crippen molar-refractivity contribution in [1.29, 1.82) is 0 Å². The largest absolute Gasteiger partial charge is 0.447 e. The van der Waals surface area contributed by atoms with Crippen molar-refractivity contribution in [3.8, 4) is 0 Å². The number of hydroxylamine groups is 1. The number of nitrogens with one attached hydrogen (secondary N) is 2. The highest BCUT2D eigenvalue weighted by atomic mass is 16.6. The van der Waals surface area contributed by atoms with E-state index >= 15 is 0 Å². The normalized spacial score (nSPS) is 29.2. The molecule has 0 spiro atoms. The van der Waals surface area contributed by atoms with E-state index in [1.807, 2.05) is 0 Å². The molecule has 0 aromatic heterocycles. The first kappa shape index (κ1) is 14.0. The van der Waals surface area contributed by atoms with Crippen LogP contribution in [-0.2, 0) is 14.3 Å². The Morgan fingerprint density at radius 1 is 1.53 bits per heavy atom. The molecule has 2 fully saturated rings. The molecule has 2 saturated heterocycles. The number of amides is 2. The standard InChI is InChI=1S/C11H19N3O5/c1-18-4-5-19-10(16)14-6-8-2-3-11(7-14,12-8)9(15)13-17/h8,12,17H,2-7H2,1H3,(H,13,15). The monoisotopic (exact) mass is 273 g/mol. The van der Waals surface area contributed by atoms with E-state index in [0.717, 1.165) is 6.42 Å². The van der Waals surface area contributed by atoms with Crippen molar-refractivity contribution < 1.29 is 24.3 Å². The van der Waals surface area contributed by atoms with Crippen LogP contribution < -0.4 is 10.8 Å². The molecule has 3 N–H and O–H groups in total. The van der Waals surface area contributed by atoms with Crippen molar-refractivity contribution in [2.45, 2.75) is 24.4 Å². The molecule has 2 heterocycles. The van der Waals surface area contributed by atoms with E-state index in [1.165, 1.54) is 12.0 Å². The fourth-order valence-corrected chi connectivity index (χ4v) is 2.67. The van der Waals surface area contributed by atoms with Crippen LogP contribution in [0.25, 0.3) is 0 Å². The van der Waals surface area contributed by atoms with Crippen LogP contribution in [0, 0.1) is 0 Å². The summed E-state index contributed by atoms with van der Waals surface area (Å²) < 4.78 is 9.85. The summed E-state index contributed by atoms with van der Waals surface area (Å²) in [5, 5.41) is 12.0. The summed E-state index contributed by atoms with van der Waals surface area (Å²) in [5.74, 6) is -0.510. The van der Waals surface area contributed by atoms with Gasteiger partial charge in [0.25, 0.3) is 5.91 Å². The summed E-state index contributed by atoms with van der Waals surface area (Å²) in [4.78, 5) is 25.1. The van der Waals surface area contributed by atoms with E-state index in [0.29, 0.717) is 19.6 Å². The molecule has 0 aliphatic carbocycles. The van der Waals surface area contributed by atoms with Crippen LogP contribution >= 0.6 is 0 Å². The maximum absolute atomic E-state index is 11.9. The fourth-order valence-electron chi connectivity index (χ4n) is 2.67. The summed E-state index contributed by atoms with van der Waals surface area (Å²) in [6, 6.07) is 0.0565. The minimum Gasteiger partial charge on any atom is -0.447 e. The maximum atomic E-state index is 11.9. The third-order valence-electron chi connectivity index (χ3n) is 3.61. The zero-order chi connectivity index (χ0) is 13.9. The molecule has 8 nitrogen and oxygen atoms in total. The summed E-state index contributed by atoms with van der Waals surface area (Å²) in [5.41, 5.74) is 0.760. The summed E-state index contributed by atoms with van der Waals surface area (Å²) in [6.07, 6.45) is 0.918. The number of carbonyl (C=O) groups is 2. The van der Waals surface area contributed by atoms with Crippen LogP contribution in [0.1, 0.15) is 12.8 Å². The Hall–Kier alpha value is -1.38. The Morgan fingerprint density at radius 3 is 3.00 bits per heavy atom. The van der Waals surface area contributed by atoms with Gasteiger partial charge >= 0.3 is 6.09 Å². The summed E-state index contributed by atoms with van der Waals surface area (Å²) in [6.45, 7) is 1.22. The lowest BCUT2D eigenvalue weighted by molar-refractivity contribution is -0.137. The first-order valence-electron chi connectivity index (χ1n) is 6.24. The minimum atomic E-state index is -0.905. The van der Waals surface area contributed by atoms with Crippen LogP contribution in [0.2, 0.25) is 0 Å². The van der Waals surface area contributed by atoms with Gasteiger partial charge in [-0.25, -0.2) is 10.3 Å². The smallest absolute Gasteiger partial charge is 0.409 e. The van der Waals surface area contributed by atoms with E-state index < -0.39 is 17.5 Å². The Morgan fingerprint density at radius 2 is 2.32 bits per heavy atom. The lowest BCUT2D eigenvalue weighted by Crippen LogP contribution is -2.66. The van der Waals surface area contributed by atoms with Crippen molar-refractivity contribution >= 4 is 12.0 Å². The average Bonchev–Trinajstić information content (AvgIpc) is 2.74. The molecule has 0 aromatic carbocycles. The number of fused-ring (bicyclic) bond motifs is 2. The topological polar surface area (TPSA) is 100 Å². The van der Waals surface area contributed by atoms with Gasteiger partial charge in [-0.15, -0.1) is 0 Å². The van der Waals surface area contributed by atoms with Gasteiger partial charge in [0.1, 0.15) is 12.1 Å². The predicted molar refractivity (Wildman–Crippen MR) is 63.6 cm³/mol. The highest BCUT2D eigenvalue weighted by Gasteiger charge is 2.51. The predicted octanol–water partition coefficient (Wildman–Crippen LogP) is -0.919. The molecule has 2 aliphatic rings. The molecular weight excluding hydrogens is 254 g/mol. The molecule has 2 atom stereocenters. The highest BCUT2D eigenvalue weighted by molar-refractivity contribution is 5.87. The van der Waals surface area contributed by atoms with Crippen molar-refractivity contribution in [3.05, 3.63) is 0 Å². The number of carbonyl (C=O) groups excluding carboxylic acids is 2. The van der Waals surface area contributed by atoms with Crippen LogP contribution in [0.3, 0.4) is 0 Å². The average molecular weight is 273 g/mol. The molecule has 0 aromatic rings. The molecule has 2 aliphatic heterocycles. The van der Waals surface area contributed by atoms with Crippen molar-refractivity contribution in [2.75, 3.05) is 33.4 Å². The van der Waals surface area contributed by atoms with E-state index in [9.17, 15) is 9.59 Å². The molecule has 19 heavy (non-hydrogen) atoms. The maximum Gasteiger partial charge on any atom is 0.409 e. The first-order valence-corrected chi connectivity index (χ1v) is 6.24. The zero-order valence-electron chi connectivity index (χ0n) is 10.8. The second kappa shape index (κ2) is 5.72. The molecule has 2 unspecified atom stereocenters. The van der Waals surface area contributed by atoms with Gasteiger partial charge in [-0.05, 0) is 12.8 Å². The zero-order valence-corrected chi connectivity index (χ0v) is 10.8. The number of rotatable bonds is 4. The number of likely N-dealkylation sites (tertiary alicyclic amines) is 1. The van der Waals surface area contributed by atoms with E-state index in [1.54, 1.807) is 5.48 Å². The SMILES string of the molecule is COCCOC(=O)N1CC2CCC(C(=O)NO)(C1)N2. The van der Waals surface area contributed by atoms with E-state index in [2.05, 4.69) is 5.32 Å². The lowest BCUT2D eigenvalue weighted by atomic mass is 9.96. The van der Waals surface area contributed by atoms with Gasteiger partial charge in [-0.1, -0.05) is 0 Å². The number of hydrogen-bond donors (Lipinski definition) is 3. The summed E-state index contributed by atoms with van der Waals surface area (Å²) in [7, 11) is 1.53. The van der Waals surface area contributed by atoms with Gasteiger partial charge < -0.3 is 14.4 Å². The van der Waals surface area contributed by atoms with Gasteiger partial charge in [0.2, 0.25) is 0 Å². The van der Waals surface area contributed by atoms with Crippen LogP contribution in [-0.4, -0.2) is 67.1 Å². The van der Waals surface area contributed by atoms with Gasteiger partial charge in [0, 0.05) is 19.7 Å². The molecule has 2 bridgehead atoms. The number of ether oxygens (including phenoxy) is 2. The Bertz CT molecular complexity index is 364. The second-order valence-corrected chi connectivity index (χ2v) is 4.89. The number of piperazine rings is 1. The lowest BCUT2D eigenvalue weighted by Gasteiger charge is -2.38. The molecule has 0 radical (unpaired) electrons. The number of methoxy groups -OCH3 is 1. The molecule has 108 valence electrons. The van der Waals surface area contributed by atoms with E-state index in [-0.39, 0.29) is 19.2 Å². The highest BCUT2D eigenvalue weighted by Crippen LogP contribution is 2.30. The van der Waals surface area contributed by atoms with Gasteiger partial charge in [-0.3, -0.25) is 15.3 Å². The third kappa shape index (κ3) is 2.80. The van der Waals surface area contributed by atoms with Crippen LogP contribution in [0.5, 0.6) is 0 Å². The Balaban J connectivity index is 1.97. The van der Waals surface area contributed by atoms with Crippen molar-refractivity contribution in [2.24, 2.45) is 0 Å². The molecular formula is C11H19N3O5. The third-order valence-corrected chi connectivity index (χ3v) is 3.61. The molecule has 2 amide bonds. The van der Waals surface area contributed by atoms with E-state index in [4.69, 9.17) is 14.7 Å². The Kier molecular flexibility index (Phi) is 4.23. The van der Waals surface area contributed by atoms with Gasteiger partial charge in [-0.2, -0.15) is 0 Å².